The molecular formula is C20H14Cl2F2O2. The van der Waals surface area contributed by atoms with Crippen molar-refractivity contribution in [2.45, 2.75) is 13.0 Å². The topological polar surface area (TPSA) is 18.5 Å². The summed E-state index contributed by atoms with van der Waals surface area (Å²) in [7, 11) is 0. The van der Waals surface area contributed by atoms with Crippen molar-refractivity contribution in [3.8, 4) is 17.2 Å². The summed E-state index contributed by atoms with van der Waals surface area (Å²) in [5, 5.41) is 1.05. The third-order valence-corrected chi connectivity index (χ3v) is 4.24. The van der Waals surface area contributed by atoms with Crippen molar-refractivity contribution in [3.63, 3.8) is 0 Å². The molecule has 0 radical (unpaired) electrons. The summed E-state index contributed by atoms with van der Waals surface area (Å²) >= 11 is 12.1. The van der Waals surface area contributed by atoms with Crippen molar-refractivity contribution in [1.29, 1.82) is 0 Å². The standard InChI is InChI=1S/C20H14Cl2F2O2/c1-12(13-2-4-14(21)5-3-13)25-20-11-16(6-8-17(20)22)26-15-7-9-18(23)19(24)10-15/h2-12H,1H3. The quantitative estimate of drug-likeness (QED) is 0.455. The Morgan fingerprint density at radius 2 is 1.46 bits per heavy atom. The summed E-state index contributed by atoms with van der Waals surface area (Å²) in [4.78, 5) is 0. The van der Waals surface area contributed by atoms with Crippen molar-refractivity contribution in [2.24, 2.45) is 0 Å². The molecule has 1 unspecified atom stereocenters. The van der Waals surface area contributed by atoms with Gasteiger partial charge in [-0.05, 0) is 48.9 Å². The van der Waals surface area contributed by atoms with Crippen LogP contribution in [0.25, 0.3) is 0 Å². The second-order valence-corrected chi connectivity index (χ2v) is 6.43. The van der Waals surface area contributed by atoms with E-state index in [9.17, 15) is 8.78 Å². The number of benzene rings is 3. The summed E-state index contributed by atoms with van der Waals surface area (Å²) in [6.07, 6.45) is -0.275. The van der Waals surface area contributed by atoms with Gasteiger partial charge in [0.1, 0.15) is 23.4 Å². The van der Waals surface area contributed by atoms with Crippen molar-refractivity contribution >= 4 is 23.2 Å². The van der Waals surface area contributed by atoms with E-state index in [0.29, 0.717) is 21.5 Å². The second kappa shape index (κ2) is 7.94. The third-order valence-electron chi connectivity index (χ3n) is 3.67. The van der Waals surface area contributed by atoms with Gasteiger partial charge in [-0.15, -0.1) is 0 Å². The van der Waals surface area contributed by atoms with Crippen LogP contribution in [-0.2, 0) is 0 Å². The first kappa shape index (κ1) is 18.5. The van der Waals surface area contributed by atoms with Crippen molar-refractivity contribution in [1.82, 2.24) is 0 Å². The van der Waals surface area contributed by atoms with Crippen molar-refractivity contribution in [2.75, 3.05) is 0 Å². The second-order valence-electron chi connectivity index (χ2n) is 5.58. The highest BCUT2D eigenvalue weighted by molar-refractivity contribution is 6.32. The Labute approximate surface area is 159 Å². The van der Waals surface area contributed by atoms with E-state index in [0.717, 1.165) is 17.7 Å². The summed E-state index contributed by atoms with van der Waals surface area (Å²) in [5.41, 5.74) is 0.928. The maximum Gasteiger partial charge on any atom is 0.162 e. The molecule has 0 fully saturated rings. The Hall–Kier alpha value is -2.30. The Morgan fingerprint density at radius 3 is 2.15 bits per heavy atom. The molecule has 3 aromatic carbocycles. The van der Waals surface area contributed by atoms with Gasteiger partial charge in [-0.25, -0.2) is 8.78 Å². The molecule has 0 heterocycles. The monoisotopic (exact) mass is 394 g/mol. The lowest BCUT2D eigenvalue weighted by Gasteiger charge is -2.17. The third kappa shape index (κ3) is 4.45. The molecule has 0 bridgehead atoms. The number of halogens is 4. The van der Waals surface area contributed by atoms with E-state index in [4.69, 9.17) is 32.7 Å². The van der Waals surface area contributed by atoms with Gasteiger partial charge in [-0.3, -0.25) is 0 Å². The van der Waals surface area contributed by atoms with Crippen LogP contribution in [0.4, 0.5) is 8.78 Å². The fourth-order valence-electron chi connectivity index (χ4n) is 2.31. The average molecular weight is 395 g/mol. The number of hydrogen-bond donors (Lipinski definition) is 0. The van der Waals surface area contributed by atoms with Crippen molar-refractivity contribution in [3.05, 3.63) is 87.9 Å². The zero-order chi connectivity index (χ0) is 18.7. The number of rotatable bonds is 5. The van der Waals surface area contributed by atoms with Gasteiger partial charge in [0.2, 0.25) is 0 Å². The summed E-state index contributed by atoms with van der Waals surface area (Å²) in [5.74, 6) is -0.950. The average Bonchev–Trinajstić information content (AvgIpc) is 2.61. The van der Waals surface area contributed by atoms with E-state index in [2.05, 4.69) is 0 Å². The highest BCUT2D eigenvalue weighted by atomic mass is 35.5. The van der Waals surface area contributed by atoms with Crippen LogP contribution in [-0.4, -0.2) is 0 Å². The number of ether oxygens (including phenoxy) is 2. The van der Waals surface area contributed by atoms with Crippen LogP contribution in [0.2, 0.25) is 10.0 Å². The Balaban J connectivity index is 1.78. The molecule has 0 aliphatic carbocycles. The highest BCUT2D eigenvalue weighted by Crippen LogP contribution is 2.34. The maximum absolute atomic E-state index is 13.3. The van der Waals surface area contributed by atoms with E-state index in [1.807, 2.05) is 19.1 Å². The van der Waals surface area contributed by atoms with Crippen LogP contribution in [0, 0.1) is 11.6 Å². The van der Waals surface area contributed by atoms with E-state index < -0.39 is 11.6 Å². The first-order chi connectivity index (χ1) is 12.4. The molecule has 6 heteroatoms. The van der Waals surface area contributed by atoms with Crippen molar-refractivity contribution < 1.29 is 18.3 Å². The van der Waals surface area contributed by atoms with Gasteiger partial charge in [0.15, 0.2) is 11.6 Å². The minimum atomic E-state index is -0.982. The van der Waals surface area contributed by atoms with Gasteiger partial charge in [-0.2, -0.15) is 0 Å². The first-order valence-corrected chi connectivity index (χ1v) is 8.52. The normalized spacial score (nSPS) is 11.9. The molecule has 0 aliphatic rings. The molecule has 0 N–H and O–H groups in total. The zero-order valence-electron chi connectivity index (χ0n) is 13.7. The molecule has 0 aliphatic heterocycles. The summed E-state index contributed by atoms with van der Waals surface area (Å²) < 4.78 is 37.8. The molecule has 0 aromatic heterocycles. The van der Waals surface area contributed by atoms with Crippen LogP contribution >= 0.6 is 23.2 Å². The van der Waals surface area contributed by atoms with E-state index in [1.54, 1.807) is 30.3 Å². The highest BCUT2D eigenvalue weighted by Gasteiger charge is 2.12. The van der Waals surface area contributed by atoms with Gasteiger partial charge in [0.25, 0.3) is 0 Å². The van der Waals surface area contributed by atoms with Gasteiger partial charge in [0, 0.05) is 17.2 Å². The van der Waals surface area contributed by atoms with Gasteiger partial charge < -0.3 is 9.47 Å². The first-order valence-electron chi connectivity index (χ1n) is 7.77. The molecule has 1 atom stereocenters. The molecule has 0 saturated carbocycles. The minimum Gasteiger partial charge on any atom is -0.484 e. The van der Waals surface area contributed by atoms with Crippen LogP contribution < -0.4 is 9.47 Å². The zero-order valence-corrected chi connectivity index (χ0v) is 15.2. The van der Waals surface area contributed by atoms with Gasteiger partial charge >= 0.3 is 0 Å². The molecule has 26 heavy (non-hydrogen) atoms. The Morgan fingerprint density at radius 1 is 0.808 bits per heavy atom. The lowest BCUT2D eigenvalue weighted by atomic mass is 10.1. The van der Waals surface area contributed by atoms with E-state index >= 15 is 0 Å². The SMILES string of the molecule is CC(Oc1cc(Oc2ccc(F)c(F)c2)ccc1Cl)c1ccc(Cl)cc1. The van der Waals surface area contributed by atoms with Gasteiger partial charge in [0.05, 0.1) is 5.02 Å². The molecule has 3 rings (SSSR count). The minimum absolute atomic E-state index is 0.169. The maximum atomic E-state index is 13.3. The lowest BCUT2D eigenvalue weighted by Crippen LogP contribution is -2.03. The molecule has 0 saturated heterocycles. The molecule has 3 aromatic rings. The Bertz CT molecular complexity index is 914. The fourth-order valence-corrected chi connectivity index (χ4v) is 2.59. The van der Waals surface area contributed by atoms with Crippen LogP contribution in [0.3, 0.4) is 0 Å². The largest absolute Gasteiger partial charge is 0.484 e. The fraction of sp³-hybridized carbons (Fsp3) is 0.100. The number of hydrogen-bond acceptors (Lipinski definition) is 2. The molecule has 0 spiro atoms. The molecule has 2 nitrogen and oxygen atoms in total. The van der Waals surface area contributed by atoms with Gasteiger partial charge in [-0.1, -0.05) is 35.3 Å². The predicted octanol–water partition coefficient (Wildman–Crippen LogP) is 7.20. The van der Waals surface area contributed by atoms with E-state index in [-0.39, 0.29) is 11.9 Å². The van der Waals surface area contributed by atoms with E-state index in [1.165, 1.54) is 6.07 Å². The molecule has 134 valence electrons. The van der Waals surface area contributed by atoms with Crippen LogP contribution in [0.5, 0.6) is 17.2 Å². The predicted molar refractivity (Wildman–Crippen MR) is 98.4 cm³/mol. The summed E-state index contributed by atoms with van der Waals surface area (Å²) in [6, 6.07) is 15.4. The molecule has 0 amide bonds. The lowest BCUT2D eigenvalue weighted by molar-refractivity contribution is 0.226. The van der Waals surface area contributed by atoms with Crippen LogP contribution in [0.1, 0.15) is 18.6 Å². The smallest absolute Gasteiger partial charge is 0.162 e. The molecular weight excluding hydrogens is 381 g/mol. The summed E-state index contributed by atoms with van der Waals surface area (Å²) in [6.45, 7) is 1.88. The Kier molecular flexibility index (Phi) is 5.64. The van der Waals surface area contributed by atoms with Crippen LogP contribution in [0.15, 0.2) is 60.7 Å².